The van der Waals surface area contributed by atoms with Crippen molar-refractivity contribution in [2.24, 2.45) is 0 Å². The van der Waals surface area contributed by atoms with Crippen LogP contribution in [0.1, 0.15) is 51.0 Å². The minimum atomic E-state index is 1.12. The highest BCUT2D eigenvalue weighted by atomic mass is 79.9. The zero-order chi connectivity index (χ0) is 15.4. The quantitative estimate of drug-likeness (QED) is 0.438. The second kappa shape index (κ2) is 7.32. The van der Waals surface area contributed by atoms with E-state index in [0.29, 0.717) is 0 Å². The van der Waals surface area contributed by atoms with Crippen molar-refractivity contribution in [1.82, 2.24) is 4.98 Å². The first kappa shape index (κ1) is 15.6. The van der Waals surface area contributed by atoms with Crippen molar-refractivity contribution in [3.8, 4) is 0 Å². The molecule has 0 saturated carbocycles. The van der Waals surface area contributed by atoms with Crippen molar-refractivity contribution in [3.63, 3.8) is 0 Å². The van der Waals surface area contributed by atoms with Gasteiger partial charge in [0.25, 0.3) is 0 Å². The monoisotopic (exact) mass is 357 g/mol. The topological polar surface area (TPSA) is 15.8 Å². The summed E-state index contributed by atoms with van der Waals surface area (Å²) in [5.41, 5.74) is 3.91. The molecule has 3 aromatic rings. The summed E-state index contributed by atoms with van der Waals surface area (Å²) in [5, 5.41) is 2.67. The molecule has 0 unspecified atom stereocenters. The van der Waals surface area contributed by atoms with E-state index in [1.54, 1.807) is 0 Å². The maximum Gasteiger partial charge on any atom is 0.0476 e. The summed E-state index contributed by atoms with van der Waals surface area (Å²) in [4.78, 5) is 3.51. The molecule has 3 rings (SSSR count). The van der Waals surface area contributed by atoms with Gasteiger partial charge in [0.05, 0.1) is 0 Å². The van der Waals surface area contributed by atoms with E-state index in [1.165, 1.54) is 72.3 Å². The molecule has 2 aromatic carbocycles. The number of hydrogen-bond acceptors (Lipinski definition) is 0. The molecule has 0 aliphatic rings. The lowest BCUT2D eigenvalue weighted by molar-refractivity contribution is 0.607. The standard InChI is InChI=1S/C20H24BrN/c1-2-3-4-5-6-7-8-15-9-12-19-18(13-15)17-11-10-16(21)14-20(17)22-19/h9-14,22H,2-8H2,1H3. The third kappa shape index (κ3) is 3.55. The Hall–Kier alpha value is -1.28. The number of benzene rings is 2. The van der Waals surface area contributed by atoms with Crippen LogP contribution in [-0.4, -0.2) is 4.98 Å². The van der Waals surface area contributed by atoms with Crippen LogP contribution in [0, 0.1) is 0 Å². The van der Waals surface area contributed by atoms with Gasteiger partial charge in [0.1, 0.15) is 0 Å². The molecule has 116 valence electrons. The molecule has 1 heterocycles. The molecule has 0 radical (unpaired) electrons. The smallest absolute Gasteiger partial charge is 0.0476 e. The molecule has 22 heavy (non-hydrogen) atoms. The van der Waals surface area contributed by atoms with E-state index in [9.17, 15) is 0 Å². The lowest BCUT2D eigenvalue weighted by atomic mass is 10.0. The normalized spacial score (nSPS) is 11.5. The molecule has 1 nitrogen and oxygen atoms in total. The van der Waals surface area contributed by atoms with Gasteiger partial charge in [-0.05, 0) is 42.7 Å². The zero-order valence-corrected chi connectivity index (χ0v) is 14.9. The van der Waals surface area contributed by atoms with Gasteiger partial charge in [-0.25, -0.2) is 0 Å². The minimum Gasteiger partial charge on any atom is -0.354 e. The molecule has 0 spiro atoms. The van der Waals surface area contributed by atoms with E-state index in [4.69, 9.17) is 0 Å². The van der Waals surface area contributed by atoms with Gasteiger partial charge >= 0.3 is 0 Å². The minimum absolute atomic E-state index is 1.12. The van der Waals surface area contributed by atoms with Crippen molar-refractivity contribution in [1.29, 1.82) is 0 Å². The number of aromatic nitrogens is 1. The highest BCUT2D eigenvalue weighted by Gasteiger charge is 2.05. The van der Waals surface area contributed by atoms with Crippen LogP contribution in [0.5, 0.6) is 0 Å². The van der Waals surface area contributed by atoms with Gasteiger partial charge in [-0.3, -0.25) is 0 Å². The molecule has 0 aliphatic heterocycles. The first-order valence-corrected chi connectivity index (χ1v) is 9.27. The predicted octanol–water partition coefficient (Wildman–Crippen LogP) is 6.99. The number of hydrogen-bond donors (Lipinski definition) is 1. The van der Waals surface area contributed by atoms with E-state index in [-0.39, 0.29) is 0 Å². The number of fused-ring (bicyclic) bond motifs is 3. The lowest BCUT2D eigenvalue weighted by Gasteiger charge is -2.03. The first-order chi connectivity index (χ1) is 10.8. The van der Waals surface area contributed by atoms with E-state index in [0.717, 1.165) is 4.47 Å². The van der Waals surface area contributed by atoms with Gasteiger partial charge < -0.3 is 4.98 Å². The number of unbranched alkanes of at least 4 members (excludes halogenated alkanes) is 5. The van der Waals surface area contributed by atoms with E-state index in [1.807, 2.05) is 0 Å². The highest BCUT2D eigenvalue weighted by molar-refractivity contribution is 9.10. The van der Waals surface area contributed by atoms with Gasteiger partial charge in [-0.15, -0.1) is 0 Å². The molecular formula is C20H24BrN. The van der Waals surface area contributed by atoms with Crippen molar-refractivity contribution in [2.75, 3.05) is 0 Å². The maximum atomic E-state index is 3.54. The average Bonchev–Trinajstić information content (AvgIpc) is 2.87. The van der Waals surface area contributed by atoms with Crippen LogP contribution >= 0.6 is 15.9 Å². The number of halogens is 1. The lowest BCUT2D eigenvalue weighted by Crippen LogP contribution is -1.86. The van der Waals surface area contributed by atoms with Crippen molar-refractivity contribution in [2.45, 2.75) is 51.9 Å². The Morgan fingerprint density at radius 1 is 0.818 bits per heavy atom. The Balaban J connectivity index is 1.71. The van der Waals surface area contributed by atoms with Crippen LogP contribution in [0.3, 0.4) is 0 Å². The second-order valence-corrected chi connectivity index (χ2v) is 7.13. The maximum absolute atomic E-state index is 3.54. The Bertz CT molecular complexity index is 757. The summed E-state index contributed by atoms with van der Waals surface area (Å²) in [6.45, 7) is 2.27. The average molecular weight is 358 g/mol. The number of aromatic amines is 1. The van der Waals surface area contributed by atoms with Gasteiger partial charge in [-0.1, -0.05) is 67.1 Å². The number of aryl methyl sites for hydroxylation is 1. The summed E-state index contributed by atoms with van der Waals surface area (Å²) in [6, 6.07) is 13.4. The summed E-state index contributed by atoms with van der Waals surface area (Å²) < 4.78 is 1.12. The molecule has 0 fully saturated rings. The van der Waals surface area contributed by atoms with E-state index in [2.05, 4.69) is 64.2 Å². The molecule has 0 aliphatic carbocycles. The summed E-state index contributed by atoms with van der Waals surface area (Å²) in [6.07, 6.45) is 9.36. The van der Waals surface area contributed by atoms with Crippen LogP contribution < -0.4 is 0 Å². The van der Waals surface area contributed by atoms with Gasteiger partial charge in [-0.2, -0.15) is 0 Å². The first-order valence-electron chi connectivity index (χ1n) is 8.48. The van der Waals surface area contributed by atoms with Crippen molar-refractivity contribution >= 4 is 37.7 Å². The second-order valence-electron chi connectivity index (χ2n) is 6.21. The Labute approximate surface area is 141 Å². The Morgan fingerprint density at radius 2 is 1.64 bits per heavy atom. The van der Waals surface area contributed by atoms with Crippen molar-refractivity contribution in [3.05, 3.63) is 46.4 Å². The fourth-order valence-corrected chi connectivity index (χ4v) is 3.55. The number of nitrogens with one attached hydrogen (secondary N) is 1. The highest BCUT2D eigenvalue weighted by Crippen LogP contribution is 2.28. The largest absolute Gasteiger partial charge is 0.354 e. The van der Waals surface area contributed by atoms with Crippen molar-refractivity contribution < 1.29 is 0 Å². The van der Waals surface area contributed by atoms with E-state index >= 15 is 0 Å². The molecule has 1 N–H and O–H groups in total. The Morgan fingerprint density at radius 3 is 2.50 bits per heavy atom. The SMILES string of the molecule is CCCCCCCCc1ccc2[nH]c3cc(Br)ccc3c2c1. The Kier molecular flexibility index (Phi) is 5.20. The molecule has 0 bridgehead atoms. The van der Waals surface area contributed by atoms with Crippen LogP contribution in [-0.2, 0) is 6.42 Å². The van der Waals surface area contributed by atoms with Gasteiger partial charge in [0.2, 0.25) is 0 Å². The van der Waals surface area contributed by atoms with Crippen LogP contribution in [0.25, 0.3) is 21.8 Å². The fourth-order valence-electron chi connectivity index (χ4n) is 3.19. The third-order valence-electron chi connectivity index (χ3n) is 4.44. The zero-order valence-electron chi connectivity index (χ0n) is 13.3. The predicted molar refractivity (Wildman–Crippen MR) is 101 cm³/mol. The molecule has 0 amide bonds. The van der Waals surface area contributed by atoms with Gasteiger partial charge in [0.15, 0.2) is 0 Å². The summed E-state index contributed by atoms with van der Waals surface area (Å²) in [5.74, 6) is 0. The summed E-state index contributed by atoms with van der Waals surface area (Å²) >= 11 is 3.54. The third-order valence-corrected chi connectivity index (χ3v) is 4.94. The molecule has 0 saturated heterocycles. The molecule has 0 atom stereocenters. The van der Waals surface area contributed by atoms with Crippen LogP contribution in [0.2, 0.25) is 0 Å². The molecular weight excluding hydrogens is 334 g/mol. The van der Waals surface area contributed by atoms with Gasteiger partial charge in [0, 0.05) is 26.3 Å². The van der Waals surface area contributed by atoms with E-state index < -0.39 is 0 Å². The summed E-state index contributed by atoms with van der Waals surface area (Å²) in [7, 11) is 0. The number of H-pyrrole nitrogens is 1. The number of rotatable bonds is 7. The molecule has 2 heteroatoms. The fraction of sp³-hybridized carbons (Fsp3) is 0.400. The van der Waals surface area contributed by atoms with Crippen LogP contribution in [0.15, 0.2) is 40.9 Å². The molecule has 1 aromatic heterocycles. The van der Waals surface area contributed by atoms with Crippen LogP contribution in [0.4, 0.5) is 0 Å².